The quantitative estimate of drug-likeness (QED) is 0.680. The lowest BCUT2D eigenvalue weighted by molar-refractivity contribution is -0.0841. The second-order valence-electron chi connectivity index (χ2n) is 8.40. The summed E-state index contributed by atoms with van der Waals surface area (Å²) in [5.41, 5.74) is 1.76. The monoisotopic (exact) mass is 290 g/mol. The van der Waals surface area contributed by atoms with Crippen molar-refractivity contribution in [2.24, 2.45) is 35.0 Å². The smallest absolute Gasteiger partial charge is 0.0783 e. The zero-order valence-corrected chi connectivity index (χ0v) is 12.6. The molecule has 0 aromatic rings. The van der Waals surface area contributed by atoms with Crippen LogP contribution in [0.5, 0.6) is 0 Å². The van der Waals surface area contributed by atoms with Crippen LogP contribution < -0.4 is 0 Å². The Morgan fingerprint density at radius 2 is 1.71 bits per heavy atom. The topological polar surface area (TPSA) is 60.7 Å². The lowest BCUT2D eigenvalue weighted by atomic mass is 9.65. The molecule has 3 nitrogen and oxygen atoms in total. The van der Waals surface area contributed by atoms with Crippen molar-refractivity contribution in [1.82, 2.24) is 0 Å². The highest BCUT2D eigenvalue weighted by Gasteiger charge is 2.78. The van der Waals surface area contributed by atoms with Gasteiger partial charge in [-0.05, 0) is 72.3 Å². The third kappa shape index (κ3) is 1.19. The van der Waals surface area contributed by atoms with Gasteiger partial charge in [-0.3, -0.25) is 0 Å². The van der Waals surface area contributed by atoms with E-state index in [2.05, 4.69) is 0 Å². The van der Waals surface area contributed by atoms with Crippen LogP contribution in [0.15, 0.2) is 11.1 Å². The number of fused-ring (bicyclic) bond motifs is 7. The molecule has 0 heterocycles. The van der Waals surface area contributed by atoms with Crippen molar-refractivity contribution in [3.05, 3.63) is 11.1 Å². The maximum atomic E-state index is 11.7. The van der Waals surface area contributed by atoms with Crippen LogP contribution in [0.3, 0.4) is 0 Å². The number of aliphatic hydroxyl groups is 3. The molecule has 6 atom stereocenters. The summed E-state index contributed by atoms with van der Waals surface area (Å²) in [7, 11) is 0. The molecule has 4 bridgehead atoms. The van der Waals surface area contributed by atoms with Gasteiger partial charge < -0.3 is 15.3 Å². The maximum Gasteiger partial charge on any atom is 0.0783 e. The Bertz CT molecular complexity index is 519. The van der Waals surface area contributed by atoms with Crippen molar-refractivity contribution in [3.63, 3.8) is 0 Å². The van der Waals surface area contributed by atoms with E-state index in [0.29, 0.717) is 23.7 Å². The van der Waals surface area contributed by atoms with Crippen LogP contribution in [0.4, 0.5) is 0 Å². The zero-order chi connectivity index (χ0) is 14.4. The van der Waals surface area contributed by atoms with Gasteiger partial charge in [0, 0.05) is 5.92 Å². The lowest BCUT2D eigenvalue weighted by Crippen LogP contribution is -2.50. The summed E-state index contributed by atoms with van der Waals surface area (Å²) in [4.78, 5) is 0. The van der Waals surface area contributed by atoms with Gasteiger partial charge in [-0.15, -0.1) is 0 Å². The molecule has 0 aliphatic heterocycles. The number of hydrogen-bond donors (Lipinski definition) is 3. The number of aliphatic hydroxyl groups excluding tert-OH is 2. The maximum absolute atomic E-state index is 11.7. The van der Waals surface area contributed by atoms with E-state index in [1.54, 1.807) is 0 Å². The highest BCUT2D eigenvalue weighted by Crippen LogP contribution is 2.79. The van der Waals surface area contributed by atoms with E-state index in [4.69, 9.17) is 0 Å². The van der Waals surface area contributed by atoms with Crippen LogP contribution in [0, 0.1) is 35.0 Å². The molecule has 5 aliphatic carbocycles. The molecule has 0 radical (unpaired) electrons. The summed E-state index contributed by atoms with van der Waals surface area (Å²) in [5, 5.41) is 31.6. The Morgan fingerprint density at radius 1 is 1.00 bits per heavy atom. The molecule has 5 rings (SSSR count). The van der Waals surface area contributed by atoms with E-state index in [1.165, 1.54) is 44.9 Å². The first kappa shape index (κ1) is 13.1. The Labute approximate surface area is 126 Å². The normalized spacial score (nSPS) is 52.4. The van der Waals surface area contributed by atoms with Crippen molar-refractivity contribution in [2.45, 2.75) is 50.5 Å². The predicted molar refractivity (Wildman–Crippen MR) is 78.3 cm³/mol. The van der Waals surface area contributed by atoms with E-state index in [1.807, 2.05) is 0 Å². The Balaban J connectivity index is 1.73. The van der Waals surface area contributed by atoms with E-state index in [0.717, 1.165) is 11.1 Å². The summed E-state index contributed by atoms with van der Waals surface area (Å²) in [5.74, 6) is 1.98. The van der Waals surface area contributed by atoms with Gasteiger partial charge in [-0.25, -0.2) is 0 Å². The Hall–Kier alpha value is -0.380. The van der Waals surface area contributed by atoms with Crippen molar-refractivity contribution in [3.8, 4) is 0 Å². The summed E-state index contributed by atoms with van der Waals surface area (Å²) in [6.45, 7) is 0.119. The fraction of sp³-hybridized carbons (Fsp3) is 0.889. The zero-order valence-electron chi connectivity index (χ0n) is 12.6. The molecular formula is C18H26O3. The van der Waals surface area contributed by atoms with Crippen molar-refractivity contribution >= 4 is 0 Å². The molecule has 116 valence electrons. The molecule has 3 N–H and O–H groups in total. The Kier molecular flexibility index (Phi) is 2.45. The molecule has 0 amide bonds. The van der Waals surface area contributed by atoms with Crippen molar-refractivity contribution in [2.75, 3.05) is 13.2 Å². The van der Waals surface area contributed by atoms with Gasteiger partial charge in [0.1, 0.15) is 0 Å². The standard InChI is InChI=1S/C18H26O3/c19-8-12-13(9-20)16-17(5-1-2-6-17)15(12)14-10-3-4-11(7-10)18(14,16)21/h10-11,14-16,19-21H,1-9H2/t10-,11-,14+,15+,16-,18-/m0/s1. The van der Waals surface area contributed by atoms with E-state index >= 15 is 0 Å². The first-order valence-corrected chi connectivity index (χ1v) is 8.84. The molecule has 3 heteroatoms. The van der Waals surface area contributed by atoms with Gasteiger partial charge in [-0.1, -0.05) is 12.8 Å². The van der Waals surface area contributed by atoms with E-state index < -0.39 is 5.60 Å². The minimum Gasteiger partial charge on any atom is -0.392 e. The molecule has 0 aromatic heterocycles. The third-order valence-corrected chi connectivity index (χ3v) is 8.20. The fourth-order valence-corrected chi connectivity index (χ4v) is 7.98. The molecule has 4 fully saturated rings. The van der Waals surface area contributed by atoms with Crippen LogP contribution in [-0.2, 0) is 0 Å². The molecule has 21 heavy (non-hydrogen) atoms. The first-order valence-electron chi connectivity index (χ1n) is 8.84. The minimum absolute atomic E-state index is 0.0330. The molecule has 0 unspecified atom stereocenters. The molecule has 0 saturated heterocycles. The van der Waals surface area contributed by atoms with Crippen LogP contribution in [0.25, 0.3) is 0 Å². The van der Waals surface area contributed by atoms with Crippen molar-refractivity contribution < 1.29 is 15.3 Å². The summed E-state index contributed by atoms with van der Waals surface area (Å²) < 4.78 is 0. The molecule has 5 aliphatic rings. The van der Waals surface area contributed by atoms with E-state index in [9.17, 15) is 15.3 Å². The van der Waals surface area contributed by atoms with Gasteiger partial charge in [-0.2, -0.15) is 0 Å². The lowest BCUT2D eigenvalue weighted by Gasteiger charge is -2.44. The van der Waals surface area contributed by atoms with Gasteiger partial charge in [0.2, 0.25) is 0 Å². The van der Waals surface area contributed by atoms with Gasteiger partial charge in [0.25, 0.3) is 0 Å². The van der Waals surface area contributed by atoms with Crippen LogP contribution in [0.2, 0.25) is 0 Å². The minimum atomic E-state index is -0.561. The predicted octanol–water partition coefficient (Wildman–Crippen LogP) is 1.86. The number of rotatable bonds is 2. The fourth-order valence-electron chi connectivity index (χ4n) is 7.98. The third-order valence-electron chi connectivity index (χ3n) is 8.20. The van der Waals surface area contributed by atoms with Crippen molar-refractivity contribution in [1.29, 1.82) is 0 Å². The molecule has 4 saturated carbocycles. The van der Waals surface area contributed by atoms with Gasteiger partial charge in [0.05, 0.1) is 18.8 Å². The second-order valence-corrected chi connectivity index (χ2v) is 8.40. The van der Waals surface area contributed by atoms with Crippen LogP contribution in [0.1, 0.15) is 44.9 Å². The molecule has 0 aromatic carbocycles. The van der Waals surface area contributed by atoms with E-state index in [-0.39, 0.29) is 24.5 Å². The largest absolute Gasteiger partial charge is 0.392 e. The van der Waals surface area contributed by atoms with Gasteiger partial charge >= 0.3 is 0 Å². The first-order chi connectivity index (χ1) is 10.2. The Morgan fingerprint density at radius 3 is 2.38 bits per heavy atom. The molecular weight excluding hydrogens is 264 g/mol. The summed E-state index contributed by atoms with van der Waals surface area (Å²) in [6.07, 6.45) is 8.50. The highest BCUT2D eigenvalue weighted by atomic mass is 16.3. The van der Waals surface area contributed by atoms with Gasteiger partial charge in [0.15, 0.2) is 0 Å². The average Bonchev–Trinajstić information content (AvgIpc) is 3.25. The molecule has 1 spiro atoms. The average molecular weight is 290 g/mol. The second kappa shape index (κ2) is 3.93. The summed E-state index contributed by atoms with van der Waals surface area (Å²) in [6, 6.07) is 0. The SMILES string of the molecule is OCC1=C(CO)[C@H]2C3(CCCC3)[C@H]1[C@H]1[C@H]3CC[C@@H](C3)[C@]12O. The number of hydrogen-bond acceptors (Lipinski definition) is 3. The highest BCUT2D eigenvalue weighted by molar-refractivity contribution is 5.45. The van der Waals surface area contributed by atoms with Crippen LogP contribution >= 0.6 is 0 Å². The van der Waals surface area contributed by atoms with Crippen LogP contribution in [-0.4, -0.2) is 34.1 Å². The summed E-state index contributed by atoms with van der Waals surface area (Å²) >= 11 is 0.